The van der Waals surface area contributed by atoms with E-state index >= 15 is 0 Å². The Labute approximate surface area is 301 Å². The van der Waals surface area contributed by atoms with E-state index in [-0.39, 0.29) is 30.6 Å². The minimum absolute atomic E-state index is 0.00292. The third kappa shape index (κ3) is 9.80. The summed E-state index contributed by atoms with van der Waals surface area (Å²) in [4.78, 5) is 28.4. The lowest BCUT2D eigenvalue weighted by molar-refractivity contribution is -0.245. The molecular weight excluding hydrogens is 667 g/mol. The van der Waals surface area contributed by atoms with Crippen LogP contribution >= 0.6 is 23.1 Å². The van der Waals surface area contributed by atoms with Crippen LogP contribution in [0, 0.1) is 0 Å². The average Bonchev–Trinajstić information content (AvgIpc) is 3.58. The van der Waals surface area contributed by atoms with Crippen molar-refractivity contribution in [3.8, 4) is 11.1 Å². The molecule has 2 amide bonds. The molecule has 5 aromatic rings. The number of carbonyl (C=O) groups excluding carboxylic acids is 2. The Balaban J connectivity index is 1.11. The van der Waals surface area contributed by atoms with Gasteiger partial charge < -0.3 is 25.2 Å². The number of aliphatic hydroxyl groups excluding tert-OH is 1. The van der Waals surface area contributed by atoms with Gasteiger partial charge >= 0.3 is 0 Å². The fourth-order valence-electron chi connectivity index (χ4n) is 6.01. The molecule has 0 spiro atoms. The summed E-state index contributed by atoms with van der Waals surface area (Å²) in [6.45, 7) is 2.61. The summed E-state index contributed by atoms with van der Waals surface area (Å²) in [6.07, 6.45) is 2.95. The summed E-state index contributed by atoms with van der Waals surface area (Å²) in [5, 5.41) is 15.4. The summed E-state index contributed by atoms with van der Waals surface area (Å²) in [6, 6.07) is 32.6. The number of nitrogens with zero attached hydrogens (tertiary/aromatic N) is 1. The first-order chi connectivity index (χ1) is 24.4. The first-order valence-corrected chi connectivity index (χ1v) is 18.9. The van der Waals surface area contributed by atoms with E-state index in [1.165, 1.54) is 11.6 Å². The van der Waals surface area contributed by atoms with E-state index in [4.69, 9.17) is 14.5 Å². The van der Waals surface area contributed by atoms with Gasteiger partial charge in [0.1, 0.15) is 0 Å². The number of benzene rings is 4. The first kappa shape index (κ1) is 35.8. The average molecular weight is 710 g/mol. The van der Waals surface area contributed by atoms with Gasteiger partial charge in [-0.3, -0.25) is 9.59 Å². The molecule has 50 heavy (non-hydrogen) atoms. The van der Waals surface area contributed by atoms with Gasteiger partial charge in [0.15, 0.2) is 10.6 Å². The summed E-state index contributed by atoms with van der Waals surface area (Å²) >= 11 is 3.42. The highest BCUT2D eigenvalue weighted by Crippen LogP contribution is 2.40. The molecule has 1 aromatic heterocycles. The molecule has 1 fully saturated rings. The molecule has 2 heterocycles. The zero-order chi connectivity index (χ0) is 34.7. The zero-order valence-electron chi connectivity index (χ0n) is 28.2. The monoisotopic (exact) mass is 709 g/mol. The summed E-state index contributed by atoms with van der Waals surface area (Å²) in [5.41, 5.74) is 7.03. The van der Waals surface area contributed by atoms with Gasteiger partial charge in [-0.2, -0.15) is 0 Å². The molecule has 0 bridgehead atoms. The normalized spacial score (nSPS) is 17.4. The summed E-state index contributed by atoms with van der Waals surface area (Å²) < 4.78 is 15.4. The number of rotatable bonds is 15. The summed E-state index contributed by atoms with van der Waals surface area (Å²) in [7, 11) is 0. The van der Waals surface area contributed by atoms with Crippen molar-refractivity contribution in [2.75, 3.05) is 12.3 Å². The molecule has 8 nitrogen and oxygen atoms in total. The second-order valence-electron chi connectivity index (χ2n) is 12.5. The van der Waals surface area contributed by atoms with Crippen LogP contribution in [0.1, 0.15) is 73.7 Å². The van der Waals surface area contributed by atoms with E-state index in [9.17, 15) is 14.7 Å². The molecule has 1 aliphatic rings. The third-order valence-electron chi connectivity index (χ3n) is 8.72. The molecule has 0 saturated carbocycles. The van der Waals surface area contributed by atoms with Crippen LogP contribution in [-0.2, 0) is 32.2 Å². The number of aromatic nitrogens is 1. The second-order valence-corrected chi connectivity index (χ2v) is 14.8. The molecule has 0 aliphatic carbocycles. The number of carbonyl (C=O) groups is 2. The van der Waals surface area contributed by atoms with Crippen molar-refractivity contribution in [1.82, 2.24) is 15.6 Å². The van der Waals surface area contributed by atoms with Gasteiger partial charge in [-0.05, 0) is 52.8 Å². The molecule has 0 radical (unpaired) electrons. The Morgan fingerprint density at radius 1 is 0.880 bits per heavy atom. The van der Waals surface area contributed by atoms with Gasteiger partial charge in [-0.25, -0.2) is 4.98 Å². The number of thioether (sulfide) groups is 1. The van der Waals surface area contributed by atoms with Gasteiger partial charge in [-0.1, -0.05) is 103 Å². The van der Waals surface area contributed by atoms with Crippen molar-refractivity contribution in [2.24, 2.45) is 0 Å². The molecule has 3 N–H and O–H groups in total. The molecule has 3 atom stereocenters. The number of hydrogen-bond donors (Lipinski definition) is 3. The highest BCUT2D eigenvalue weighted by molar-refractivity contribution is 8.01. The Hall–Kier alpha value is -4.06. The standard InChI is InChI=1S/C40H43N3O5S2/c1-27(45)41-22-8-2-3-13-38(46)42-24-32-9-4-5-10-34(32)29-18-20-31(21-19-29)39-47-33(23-36(48-39)30-16-14-28(25-44)15-17-30)26-49-40-43-35-11-6-7-12-37(35)50-40/h4-7,9-12,14-21,33,36,39,44H,2-3,8,13,22-26H2,1H3,(H,41,45)(H,42,46)/t33-,36+,39+/m0/s1. The number of aliphatic hydroxyl groups is 1. The Morgan fingerprint density at radius 2 is 1.64 bits per heavy atom. The molecule has 1 saturated heterocycles. The van der Waals surface area contributed by atoms with Crippen LogP contribution in [0.25, 0.3) is 21.3 Å². The van der Waals surface area contributed by atoms with Gasteiger partial charge in [0.05, 0.1) is 29.0 Å². The van der Waals surface area contributed by atoms with Crippen LogP contribution < -0.4 is 10.6 Å². The third-order valence-corrected chi connectivity index (χ3v) is 11.0. The largest absolute Gasteiger partial charge is 0.392 e. The quantitative estimate of drug-likeness (QED) is 0.0745. The lowest BCUT2D eigenvalue weighted by Gasteiger charge is -2.36. The maximum Gasteiger partial charge on any atom is 0.220 e. The van der Waals surface area contributed by atoms with Gasteiger partial charge in [0.2, 0.25) is 11.8 Å². The van der Waals surface area contributed by atoms with Crippen molar-refractivity contribution in [1.29, 1.82) is 0 Å². The lowest BCUT2D eigenvalue weighted by atomic mass is 9.97. The van der Waals surface area contributed by atoms with Gasteiger partial charge in [0.25, 0.3) is 0 Å². The number of fused-ring (bicyclic) bond motifs is 1. The van der Waals surface area contributed by atoms with Crippen LogP contribution in [0.5, 0.6) is 0 Å². The Kier molecular flexibility index (Phi) is 12.7. The number of thiazole rings is 1. The van der Waals surface area contributed by atoms with Crippen LogP contribution in [-0.4, -0.2) is 40.3 Å². The molecule has 4 aromatic carbocycles. The van der Waals surface area contributed by atoms with Crippen LogP contribution in [0.2, 0.25) is 0 Å². The SMILES string of the molecule is CC(=O)NCCCCCC(=O)NCc1ccccc1-c1ccc([C@@H]2O[C@H](CSc3nc4ccccc4s3)C[C@H](c3ccc(CO)cc3)O2)cc1. The topological polar surface area (TPSA) is 110 Å². The van der Waals surface area contributed by atoms with Crippen molar-refractivity contribution in [3.63, 3.8) is 0 Å². The predicted octanol–water partition coefficient (Wildman–Crippen LogP) is 8.11. The van der Waals surface area contributed by atoms with E-state index in [0.717, 1.165) is 68.3 Å². The fourth-order valence-corrected chi connectivity index (χ4v) is 8.12. The fraction of sp³-hybridized carbons (Fsp3) is 0.325. The van der Waals surface area contributed by atoms with Gasteiger partial charge in [-0.15, -0.1) is 11.3 Å². The zero-order valence-corrected chi connectivity index (χ0v) is 29.8. The Bertz CT molecular complexity index is 1830. The van der Waals surface area contributed by atoms with E-state index in [0.29, 0.717) is 25.9 Å². The van der Waals surface area contributed by atoms with E-state index in [1.54, 1.807) is 23.1 Å². The highest BCUT2D eigenvalue weighted by Gasteiger charge is 2.32. The maximum atomic E-state index is 12.6. The number of nitrogens with one attached hydrogen (secondary N) is 2. The van der Waals surface area contributed by atoms with Crippen LogP contribution in [0.15, 0.2) is 101 Å². The van der Waals surface area contributed by atoms with Gasteiger partial charge in [0, 0.05) is 44.2 Å². The van der Waals surface area contributed by atoms with Crippen molar-refractivity contribution in [3.05, 3.63) is 119 Å². The molecular formula is C40H43N3O5S2. The van der Waals surface area contributed by atoms with Crippen molar-refractivity contribution < 1.29 is 24.2 Å². The number of amides is 2. The van der Waals surface area contributed by atoms with Crippen LogP contribution in [0.3, 0.4) is 0 Å². The minimum Gasteiger partial charge on any atom is -0.392 e. The van der Waals surface area contributed by atoms with E-state index in [2.05, 4.69) is 47.0 Å². The second kappa shape index (κ2) is 17.7. The lowest BCUT2D eigenvalue weighted by Crippen LogP contribution is -2.31. The number of ether oxygens (including phenoxy) is 2. The van der Waals surface area contributed by atoms with Crippen molar-refractivity contribution in [2.45, 2.75) is 75.0 Å². The molecule has 0 unspecified atom stereocenters. The smallest absolute Gasteiger partial charge is 0.220 e. The molecule has 260 valence electrons. The molecule has 6 rings (SSSR count). The first-order valence-electron chi connectivity index (χ1n) is 17.1. The number of hydrogen-bond acceptors (Lipinski definition) is 8. The molecule has 1 aliphatic heterocycles. The van der Waals surface area contributed by atoms with E-state index in [1.807, 2.05) is 60.7 Å². The Morgan fingerprint density at radius 3 is 2.42 bits per heavy atom. The number of unbranched alkanes of at least 4 members (excludes halogenated alkanes) is 2. The van der Waals surface area contributed by atoms with Crippen molar-refractivity contribution >= 4 is 45.1 Å². The maximum absolute atomic E-state index is 12.6. The van der Waals surface area contributed by atoms with E-state index < -0.39 is 6.29 Å². The minimum atomic E-state index is -0.547. The molecule has 10 heteroatoms. The highest BCUT2D eigenvalue weighted by atomic mass is 32.2. The predicted molar refractivity (Wildman–Crippen MR) is 200 cm³/mol. The number of para-hydroxylation sites is 1. The summed E-state index contributed by atoms with van der Waals surface area (Å²) in [5.74, 6) is 0.749. The van der Waals surface area contributed by atoms with Crippen LogP contribution in [0.4, 0.5) is 0 Å².